The molecule has 0 spiro atoms. The summed E-state index contributed by atoms with van der Waals surface area (Å²) >= 11 is 0. The zero-order chi connectivity index (χ0) is 10.8. The number of aliphatic carboxylic acids is 1. The molecule has 0 unspecified atom stereocenters. The Bertz CT molecular complexity index is 503. The molecule has 15 heavy (non-hydrogen) atoms. The van der Waals surface area contributed by atoms with Crippen molar-refractivity contribution >= 4 is 17.1 Å². The Balaban J connectivity index is 2.54. The van der Waals surface area contributed by atoms with Crippen LogP contribution in [0.2, 0.25) is 0 Å². The zero-order valence-corrected chi connectivity index (χ0v) is 8.06. The lowest BCUT2D eigenvalue weighted by molar-refractivity contribution is -0.136. The summed E-state index contributed by atoms with van der Waals surface area (Å²) in [5, 5.41) is 8.70. The summed E-state index contributed by atoms with van der Waals surface area (Å²) in [6.45, 7) is 0. The summed E-state index contributed by atoms with van der Waals surface area (Å²) in [6.07, 6.45) is 0.0539. The number of rotatable bonds is 3. The quantitative estimate of drug-likeness (QED) is 0.824. The fraction of sp³-hybridized carbons (Fsp3) is 0.200. The van der Waals surface area contributed by atoms with Crippen LogP contribution in [0, 0.1) is 0 Å². The number of carbonyl (C=O) groups is 1. The van der Waals surface area contributed by atoms with E-state index in [4.69, 9.17) is 14.3 Å². The van der Waals surface area contributed by atoms with Gasteiger partial charge in [-0.1, -0.05) is 12.1 Å². The smallest absolute Gasteiger partial charge is 0.394 e. The van der Waals surface area contributed by atoms with Crippen LogP contribution in [0.1, 0.15) is 5.56 Å². The minimum atomic E-state index is -0.905. The molecule has 0 atom stereocenters. The van der Waals surface area contributed by atoms with E-state index in [0.29, 0.717) is 16.7 Å². The van der Waals surface area contributed by atoms with Crippen molar-refractivity contribution in [2.45, 2.75) is 6.42 Å². The molecule has 0 amide bonds. The fourth-order valence-corrected chi connectivity index (χ4v) is 1.38. The second kappa shape index (κ2) is 3.61. The molecule has 0 radical (unpaired) electrons. The normalized spacial score (nSPS) is 10.5. The van der Waals surface area contributed by atoms with E-state index < -0.39 is 5.97 Å². The first-order chi connectivity index (χ1) is 7.20. The molecule has 0 bridgehead atoms. The number of nitrogens with zero attached hydrogens (tertiary/aromatic N) is 1. The first kappa shape index (κ1) is 9.51. The number of para-hydroxylation sites is 1. The third-order valence-corrected chi connectivity index (χ3v) is 1.99. The number of ether oxygens (including phenoxy) is 1. The fourth-order valence-electron chi connectivity index (χ4n) is 1.38. The number of aromatic nitrogens is 1. The van der Waals surface area contributed by atoms with Gasteiger partial charge in [0.05, 0.1) is 13.5 Å². The highest BCUT2D eigenvalue weighted by molar-refractivity contribution is 5.82. The Labute approximate surface area is 85.3 Å². The van der Waals surface area contributed by atoms with Gasteiger partial charge in [-0.05, 0) is 6.07 Å². The van der Waals surface area contributed by atoms with Crippen molar-refractivity contribution in [3.63, 3.8) is 0 Å². The molecule has 0 fully saturated rings. The SMILES string of the molecule is COc1nc2cccc(CC(=O)O)c2o1. The van der Waals surface area contributed by atoms with Gasteiger partial charge in [0, 0.05) is 5.56 Å². The lowest BCUT2D eigenvalue weighted by atomic mass is 10.1. The number of methoxy groups -OCH3 is 1. The van der Waals surface area contributed by atoms with E-state index in [9.17, 15) is 4.79 Å². The standard InChI is InChI=1S/C10H9NO4/c1-14-10-11-7-4-2-3-6(5-8(12)13)9(7)15-10/h2-4H,5H2,1H3,(H,12,13). The zero-order valence-electron chi connectivity index (χ0n) is 8.06. The number of carboxylic acid groups (broad SMARTS) is 1. The molecule has 2 rings (SSSR count). The van der Waals surface area contributed by atoms with E-state index >= 15 is 0 Å². The van der Waals surface area contributed by atoms with Gasteiger partial charge in [0.15, 0.2) is 5.58 Å². The Morgan fingerprint density at radius 3 is 3.07 bits per heavy atom. The van der Waals surface area contributed by atoms with Crippen molar-refractivity contribution < 1.29 is 19.1 Å². The first-order valence-electron chi connectivity index (χ1n) is 4.35. The van der Waals surface area contributed by atoms with Gasteiger partial charge in [-0.3, -0.25) is 4.79 Å². The molecule has 2 aromatic rings. The van der Waals surface area contributed by atoms with E-state index in [2.05, 4.69) is 4.98 Å². The van der Waals surface area contributed by atoms with Crippen LogP contribution in [0.3, 0.4) is 0 Å². The molecule has 0 saturated heterocycles. The van der Waals surface area contributed by atoms with Gasteiger partial charge < -0.3 is 14.3 Å². The Hall–Kier alpha value is -2.04. The molecule has 1 aromatic carbocycles. The molecule has 78 valence electrons. The van der Waals surface area contributed by atoms with Crippen molar-refractivity contribution in [3.8, 4) is 6.08 Å². The van der Waals surface area contributed by atoms with Gasteiger partial charge in [0.2, 0.25) is 0 Å². The number of benzene rings is 1. The van der Waals surface area contributed by atoms with Gasteiger partial charge in [-0.25, -0.2) is 0 Å². The molecular weight excluding hydrogens is 198 g/mol. The van der Waals surface area contributed by atoms with Crippen LogP contribution >= 0.6 is 0 Å². The van der Waals surface area contributed by atoms with Crippen LogP contribution in [-0.4, -0.2) is 23.2 Å². The van der Waals surface area contributed by atoms with Crippen LogP contribution in [0.15, 0.2) is 22.6 Å². The van der Waals surface area contributed by atoms with Crippen LogP contribution < -0.4 is 4.74 Å². The van der Waals surface area contributed by atoms with Crippen LogP contribution in [0.4, 0.5) is 0 Å². The van der Waals surface area contributed by atoms with Gasteiger partial charge in [-0.2, -0.15) is 4.98 Å². The lowest BCUT2D eigenvalue weighted by Gasteiger charge is -1.95. The largest absolute Gasteiger partial charge is 0.481 e. The molecule has 0 saturated carbocycles. The van der Waals surface area contributed by atoms with E-state index in [0.717, 1.165) is 0 Å². The molecule has 0 aliphatic heterocycles. The summed E-state index contributed by atoms with van der Waals surface area (Å²) < 4.78 is 10.1. The Morgan fingerprint density at radius 1 is 1.60 bits per heavy atom. The minimum absolute atomic E-state index is 0.0876. The number of oxazole rings is 1. The summed E-state index contributed by atoms with van der Waals surface area (Å²) in [5.74, 6) is -0.905. The summed E-state index contributed by atoms with van der Waals surface area (Å²) in [6, 6.07) is 5.18. The third-order valence-electron chi connectivity index (χ3n) is 1.99. The second-order valence-electron chi connectivity index (χ2n) is 3.02. The first-order valence-corrected chi connectivity index (χ1v) is 4.35. The third kappa shape index (κ3) is 1.76. The van der Waals surface area contributed by atoms with Crippen molar-refractivity contribution in [3.05, 3.63) is 23.8 Å². The number of hydrogen-bond donors (Lipinski definition) is 1. The predicted molar refractivity (Wildman–Crippen MR) is 51.9 cm³/mol. The average molecular weight is 207 g/mol. The van der Waals surface area contributed by atoms with Crippen molar-refractivity contribution in [1.29, 1.82) is 0 Å². The maximum Gasteiger partial charge on any atom is 0.394 e. The topological polar surface area (TPSA) is 72.6 Å². The van der Waals surface area contributed by atoms with Gasteiger partial charge in [0.1, 0.15) is 5.52 Å². The highest BCUT2D eigenvalue weighted by Gasteiger charge is 2.11. The Morgan fingerprint density at radius 2 is 2.40 bits per heavy atom. The predicted octanol–water partition coefficient (Wildman–Crippen LogP) is 1.46. The summed E-state index contributed by atoms with van der Waals surface area (Å²) in [4.78, 5) is 14.6. The molecule has 5 heteroatoms. The second-order valence-corrected chi connectivity index (χ2v) is 3.02. The van der Waals surface area contributed by atoms with Crippen molar-refractivity contribution in [2.24, 2.45) is 0 Å². The monoisotopic (exact) mass is 207 g/mol. The van der Waals surface area contributed by atoms with Crippen LogP contribution in [0.25, 0.3) is 11.1 Å². The summed E-state index contributed by atoms with van der Waals surface area (Å²) in [5.41, 5.74) is 1.66. The molecule has 5 nitrogen and oxygen atoms in total. The Kier molecular flexibility index (Phi) is 2.29. The van der Waals surface area contributed by atoms with Crippen molar-refractivity contribution in [1.82, 2.24) is 4.98 Å². The number of carboxylic acids is 1. The van der Waals surface area contributed by atoms with E-state index in [-0.39, 0.29) is 12.5 Å². The van der Waals surface area contributed by atoms with Crippen molar-refractivity contribution in [2.75, 3.05) is 7.11 Å². The van der Waals surface area contributed by atoms with Gasteiger partial charge in [-0.15, -0.1) is 0 Å². The highest BCUT2D eigenvalue weighted by atomic mass is 16.6. The molecule has 1 heterocycles. The molecule has 0 aliphatic carbocycles. The summed E-state index contributed by atoms with van der Waals surface area (Å²) in [7, 11) is 1.45. The molecule has 0 aliphatic rings. The van der Waals surface area contributed by atoms with Crippen LogP contribution in [-0.2, 0) is 11.2 Å². The highest BCUT2D eigenvalue weighted by Crippen LogP contribution is 2.23. The van der Waals surface area contributed by atoms with Crippen LogP contribution in [0.5, 0.6) is 6.08 Å². The van der Waals surface area contributed by atoms with E-state index in [1.54, 1.807) is 18.2 Å². The minimum Gasteiger partial charge on any atom is -0.481 e. The molecule has 1 N–H and O–H groups in total. The van der Waals surface area contributed by atoms with E-state index in [1.807, 2.05) is 0 Å². The van der Waals surface area contributed by atoms with Gasteiger partial charge in [0.25, 0.3) is 0 Å². The van der Waals surface area contributed by atoms with Gasteiger partial charge >= 0.3 is 12.0 Å². The number of hydrogen-bond acceptors (Lipinski definition) is 4. The number of fused-ring (bicyclic) bond motifs is 1. The average Bonchev–Trinajstić information content (AvgIpc) is 2.61. The van der Waals surface area contributed by atoms with E-state index in [1.165, 1.54) is 7.11 Å². The molecular formula is C10H9NO4. The lowest BCUT2D eigenvalue weighted by Crippen LogP contribution is -1.99. The molecule has 1 aromatic heterocycles. The maximum absolute atomic E-state index is 10.6. The maximum atomic E-state index is 10.6.